The quantitative estimate of drug-likeness (QED) is 0.832. The summed E-state index contributed by atoms with van der Waals surface area (Å²) in [5, 5.41) is 2.47. The molecule has 0 spiro atoms. The van der Waals surface area contributed by atoms with E-state index in [1.807, 2.05) is 12.1 Å². The van der Waals surface area contributed by atoms with Gasteiger partial charge in [-0.2, -0.15) is 0 Å². The number of amides is 2. The van der Waals surface area contributed by atoms with E-state index >= 15 is 0 Å². The molecule has 0 saturated carbocycles. The van der Waals surface area contributed by atoms with E-state index in [0.717, 1.165) is 18.8 Å². The summed E-state index contributed by atoms with van der Waals surface area (Å²) in [6.07, 6.45) is 2.16. The number of carbonyl (C=O) groups is 2. The van der Waals surface area contributed by atoms with Gasteiger partial charge in [0.25, 0.3) is 0 Å². The molecule has 1 aromatic heterocycles. The fraction of sp³-hybridized carbons (Fsp3) is 0.684. The monoisotopic (exact) mass is 370 g/mol. The van der Waals surface area contributed by atoms with E-state index in [0.29, 0.717) is 5.92 Å². The van der Waals surface area contributed by atoms with Gasteiger partial charge in [0.1, 0.15) is 17.4 Å². The summed E-state index contributed by atoms with van der Waals surface area (Å²) in [5.41, 5.74) is -0.548. The maximum absolute atomic E-state index is 11.5. The highest BCUT2D eigenvalue weighted by molar-refractivity contribution is 5.84. The van der Waals surface area contributed by atoms with Crippen molar-refractivity contribution in [1.82, 2.24) is 10.2 Å². The smallest absolute Gasteiger partial charge is 0.410 e. The van der Waals surface area contributed by atoms with E-state index in [-0.39, 0.29) is 5.91 Å². The number of nitrogens with zero attached hydrogens (tertiary/aromatic N) is 1. The van der Waals surface area contributed by atoms with Gasteiger partial charge in [-0.05, 0) is 45.7 Å². The molecule has 0 saturated heterocycles. The lowest BCUT2D eigenvalue weighted by Crippen LogP contribution is -2.46. The zero-order chi connectivity index (χ0) is 20.3. The van der Waals surface area contributed by atoms with Crippen LogP contribution in [0.15, 0.2) is 22.8 Å². The van der Waals surface area contributed by atoms with Gasteiger partial charge in [-0.3, -0.25) is 9.69 Å². The fourth-order valence-corrected chi connectivity index (χ4v) is 1.99. The predicted octanol–water partition coefficient (Wildman–Crippen LogP) is 3.09. The highest BCUT2D eigenvalue weighted by Crippen LogP contribution is 2.10. The highest BCUT2D eigenvalue weighted by atomic mass is 16.6. The van der Waals surface area contributed by atoms with E-state index in [1.165, 1.54) is 19.0 Å². The van der Waals surface area contributed by atoms with Gasteiger partial charge in [-0.1, -0.05) is 6.92 Å². The van der Waals surface area contributed by atoms with E-state index in [2.05, 4.69) is 12.2 Å². The van der Waals surface area contributed by atoms with Crippen LogP contribution in [0.3, 0.4) is 0 Å². The average Bonchev–Trinajstić information content (AvgIpc) is 3.04. The van der Waals surface area contributed by atoms with Crippen LogP contribution in [0, 0.1) is 5.92 Å². The Bertz CT molecular complexity index is 523. The summed E-state index contributed by atoms with van der Waals surface area (Å²) in [5.74, 6) is 1.35. The van der Waals surface area contributed by atoms with Crippen LogP contribution in [-0.2, 0) is 20.7 Å². The van der Waals surface area contributed by atoms with Crippen molar-refractivity contribution in [3.05, 3.63) is 24.2 Å². The van der Waals surface area contributed by atoms with Crippen LogP contribution in [0.1, 0.15) is 40.4 Å². The highest BCUT2D eigenvalue weighted by Gasteiger charge is 2.26. The molecule has 0 aliphatic heterocycles. The van der Waals surface area contributed by atoms with Crippen LogP contribution in [0.2, 0.25) is 0 Å². The van der Waals surface area contributed by atoms with Crippen molar-refractivity contribution in [2.75, 3.05) is 27.8 Å². The van der Waals surface area contributed by atoms with Crippen LogP contribution >= 0.6 is 0 Å². The van der Waals surface area contributed by atoms with Crippen molar-refractivity contribution >= 4 is 12.0 Å². The number of ether oxygens (including phenoxy) is 2. The second kappa shape index (κ2) is 11.6. The standard InChI is InChI=1S/C10H20N2O3.C9H14O2/c1-7(8(13)11-5)12(6)9(14)15-10(2,3)4;1-8(7-10-2)6-9-4-3-5-11-9/h7H,1-6H3,(H,11,13);3-5,8H,6-7H2,1-2H3/t7-;8-/m10/s1. The Morgan fingerprint density at radius 3 is 2.35 bits per heavy atom. The zero-order valence-electron chi connectivity index (χ0n) is 17.3. The second-order valence-corrected chi connectivity index (χ2v) is 7.23. The normalized spacial score (nSPS) is 13.1. The number of likely N-dealkylation sites (N-methyl/N-ethyl adjacent to an activating group) is 2. The first kappa shape index (κ1) is 24.0. The Hall–Kier alpha value is -2.02. The van der Waals surface area contributed by atoms with E-state index < -0.39 is 17.7 Å². The average molecular weight is 370 g/mol. The molecule has 1 heterocycles. The predicted molar refractivity (Wildman–Crippen MR) is 101 cm³/mol. The van der Waals surface area contributed by atoms with Crippen molar-refractivity contribution in [2.45, 2.75) is 52.7 Å². The Kier molecular flexibility index (Phi) is 10.7. The van der Waals surface area contributed by atoms with Crippen molar-refractivity contribution in [3.8, 4) is 0 Å². The number of rotatable bonds is 6. The summed E-state index contributed by atoms with van der Waals surface area (Å²) in [4.78, 5) is 24.1. The minimum Gasteiger partial charge on any atom is -0.469 e. The summed E-state index contributed by atoms with van der Waals surface area (Å²) in [7, 11) is 4.79. The lowest BCUT2D eigenvalue weighted by atomic mass is 10.1. The summed E-state index contributed by atoms with van der Waals surface area (Å²) < 4.78 is 15.3. The molecule has 7 heteroatoms. The van der Waals surface area contributed by atoms with Crippen molar-refractivity contribution in [1.29, 1.82) is 0 Å². The van der Waals surface area contributed by atoms with E-state index in [1.54, 1.807) is 41.1 Å². The molecule has 0 aliphatic rings. The van der Waals surface area contributed by atoms with Gasteiger partial charge in [0.2, 0.25) is 5.91 Å². The molecule has 0 bridgehead atoms. The van der Waals surface area contributed by atoms with Crippen LogP contribution in [0.25, 0.3) is 0 Å². The van der Waals surface area contributed by atoms with Gasteiger partial charge in [-0.25, -0.2) is 4.79 Å². The molecule has 2 amide bonds. The van der Waals surface area contributed by atoms with Gasteiger partial charge in [0.05, 0.1) is 6.26 Å². The summed E-state index contributed by atoms with van der Waals surface area (Å²) >= 11 is 0. The summed E-state index contributed by atoms with van der Waals surface area (Å²) in [6.45, 7) is 9.92. The molecule has 0 aliphatic carbocycles. The Morgan fingerprint density at radius 1 is 1.31 bits per heavy atom. The first-order valence-electron chi connectivity index (χ1n) is 8.70. The van der Waals surface area contributed by atoms with Crippen LogP contribution in [-0.4, -0.2) is 56.4 Å². The van der Waals surface area contributed by atoms with Crippen molar-refractivity contribution in [3.63, 3.8) is 0 Å². The van der Waals surface area contributed by atoms with Crippen molar-refractivity contribution < 1.29 is 23.5 Å². The number of nitrogens with one attached hydrogen (secondary N) is 1. The molecule has 0 fully saturated rings. The van der Waals surface area contributed by atoms with Gasteiger partial charge < -0.3 is 19.2 Å². The molecule has 2 atom stereocenters. The van der Waals surface area contributed by atoms with Crippen molar-refractivity contribution in [2.24, 2.45) is 5.92 Å². The number of hydrogen-bond acceptors (Lipinski definition) is 5. The largest absolute Gasteiger partial charge is 0.469 e. The number of methoxy groups -OCH3 is 1. The van der Waals surface area contributed by atoms with Gasteiger partial charge >= 0.3 is 6.09 Å². The molecule has 0 aromatic carbocycles. The maximum atomic E-state index is 11.5. The lowest BCUT2D eigenvalue weighted by Gasteiger charge is -2.27. The lowest BCUT2D eigenvalue weighted by molar-refractivity contribution is -0.124. The molecule has 1 rings (SSSR count). The minimum absolute atomic E-state index is 0.219. The Labute approximate surface area is 157 Å². The first-order chi connectivity index (χ1) is 12.0. The van der Waals surface area contributed by atoms with Crippen LogP contribution in [0.4, 0.5) is 4.79 Å². The van der Waals surface area contributed by atoms with Gasteiger partial charge in [0, 0.05) is 34.2 Å². The molecular formula is C19H34N2O5. The molecule has 150 valence electrons. The molecular weight excluding hydrogens is 336 g/mol. The third-order valence-electron chi connectivity index (χ3n) is 3.47. The zero-order valence-corrected chi connectivity index (χ0v) is 17.3. The third-order valence-corrected chi connectivity index (χ3v) is 3.47. The minimum atomic E-state index is -0.548. The Balaban J connectivity index is 0.000000502. The van der Waals surface area contributed by atoms with Gasteiger partial charge in [0.15, 0.2) is 0 Å². The second-order valence-electron chi connectivity index (χ2n) is 7.23. The molecule has 26 heavy (non-hydrogen) atoms. The number of hydrogen-bond donors (Lipinski definition) is 1. The number of furan rings is 1. The topological polar surface area (TPSA) is 81.0 Å². The van der Waals surface area contributed by atoms with Crippen LogP contribution < -0.4 is 5.32 Å². The Morgan fingerprint density at radius 2 is 1.92 bits per heavy atom. The molecule has 1 N–H and O–H groups in total. The maximum Gasteiger partial charge on any atom is 0.410 e. The van der Waals surface area contributed by atoms with Crippen LogP contribution in [0.5, 0.6) is 0 Å². The molecule has 7 nitrogen and oxygen atoms in total. The molecule has 0 radical (unpaired) electrons. The summed E-state index contributed by atoms with van der Waals surface area (Å²) in [6, 6.07) is 3.37. The van der Waals surface area contributed by atoms with E-state index in [4.69, 9.17) is 13.9 Å². The molecule has 1 aromatic rings. The van der Waals surface area contributed by atoms with Gasteiger partial charge in [-0.15, -0.1) is 0 Å². The molecule has 0 unspecified atom stereocenters. The third kappa shape index (κ3) is 10.1. The number of carbonyl (C=O) groups excluding carboxylic acids is 2. The SMILES string of the molecule is CNC(=O)[C@@H](C)N(C)C(=O)OC(C)(C)C.COC[C@@H](C)Cc1ccco1. The fourth-order valence-electron chi connectivity index (χ4n) is 1.99. The first-order valence-corrected chi connectivity index (χ1v) is 8.70. The van der Waals surface area contributed by atoms with E-state index in [9.17, 15) is 9.59 Å².